The monoisotopic (exact) mass is 300 g/mol. The first-order valence-corrected chi connectivity index (χ1v) is 7.63. The third-order valence-corrected chi connectivity index (χ3v) is 4.07. The Morgan fingerprint density at radius 1 is 1.32 bits per heavy atom. The highest BCUT2D eigenvalue weighted by atomic mass is 16.3. The van der Waals surface area contributed by atoms with Crippen LogP contribution in [0.25, 0.3) is 5.69 Å². The van der Waals surface area contributed by atoms with Gasteiger partial charge in [0.25, 0.3) is 5.91 Å². The molecule has 0 aliphatic carbocycles. The Morgan fingerprint density at radius 3 is 2.82 bits per heavy atom. The van der Waals surface area contributed by atoms with E-state index in [1.165, 1.54) is 11.0 Å². The molecule has 1 aliphatic heterocycles. The molecule has 1 fully saturated rings. The number of carbonyl (C=O) groups is 1. The Morgan fingerprint density at radius 2 is 2.09 bits per heavy atom. The lowest BCUT2D eigenvalue weighted by Gasteiger charge is -2.36. The third kappa shape index (κ3) is 2.87. The van der Waals surface area contributed by atoms with Gasteiger partial charge in [0.05, 0.1) is 24.0 Å². The molecule has 2 aromatic rings. The standard InChI is InChI=1S/C16H20N4O2/c1-12(21)15-9-5-6-10-19(15)16(22)14-11-17-20(18-14)13-7-3-2-4-8-13/h2-4,7-8,11-12,15,21H,5-6,9-10H2,1H3. The van der Waals surface area contributed by atoms with Crippen LogP contribution < -0.4 is 0 Å². The first kappa shape index (κ1) is 14.7. The van der Waals surface area contributed by atoms with Gasteiger partial charge in [-0.25, -0.2) is 0 Å². The fourth-order valence-electron chi connectivity index (χ4n) is 2.90. The topological polar surface area (TPSA) is 71.2 Å². The zero-order valence-electron chi connectivity index (χ0n) is 12.6. The van der Waals surface area contributed by atoms with Crippen LogP contribution in [0, 0.1) is 0 Å². The molecule has 2 heterocycles. The van der Waals surface area contributed by atoms with Gasteiger partial charge in [0.1, 0.15) is 0 Å². The number of benzene rings is 1. The Bertz CT molecular complexity index is 639. The van der Waals surface area contributed by atoms with Crippen molar-refractivity contribution in [1.82, 2.24) is 19.9 Å². The van der Waals surface area contributed by atoms with Gasteiger partial charge in [-0.1, -0.05) is 18.2 Å². The molecule has 1 aliphatic rings. The molecule has 1 aromatic heterocycles. The zero-order valence-corrected chi connectivity index (χ0v) is 12.6. The van der Waals surface area contributed by atoms with Gasteiger partial charge < -0.3 is 10.0 Å². The number of amides is 1. The lowest BCUT2D eigenvalue weighted by molar-refractivity contribution is 0.0276. The highest BCUT2D eigenvalue weighted by Gasteiger charge is 2.31. The van der Waals surface area contributed by atoms with Crippen LogP contribution >= 0.6 is 0 Å². The number of aromatic nitrogens is 3. The van der Waals surface area contributed by atoms with E-state index >= 15 is 0 Å². The fourth-order valence-corrected chi connectivity index (χ4v) is 2.90. The molecule has 1 saturated heterocycles. The average Bonchev–Trinajstić information content (AvgIpc) is 3.05. The van der Waals surface area contributed by atoms with Gasteiger partial charge >= 0.3 is 0 Å². The number of piperidine rings is 1. The SMILES string of the molecule is CC(O)C1CCCCN1C(=O)c1cnn(-c2ccccc2)n1. The summed E-state index contributed by atoms with van der Waals surface area (Å²) in [5, 5.41) is 18.3. The Hall–Kier alpha value is -2.21. The molecule has 3 rings (SSSR count). The van der Waals surface area contributed by atoms with Crippen LogP contribution in [0.1, 0.15) is 36.7 Å². The van der Waals surface area contributed by atoms with Crippen molar-refractivity contribution in [1.29, 1.82) is 0 Å². The highest BCUT2D eigenvalue weighted by Crippen LogP contribution is 2.21. The molecule has 6 heteroatoms. The third-order valence-electron chi connectivity index (χ3n) is 4.07. The molecular weight excluding hydrogens is 280 g/mol. The summed E-state index contributed by atoms with van der Waals surface area (Å²) in [6.07, 6.45) is 3.78. The van der Waals surface area contributed by atoms with E-state index in [2.05, 4.69) is 10.2 Å². The second-order valence-corrected chi connectivity index (χ2v) is 5.66. The molecule has 6 nitrogen and oxygen atoms in total. The predicted molar refractivity (Wildman–Crippen MR) is 81.7 cm³/mol. The first-order chi connectivity index (χ1) is 10.7. The number of para-hydroxylation sites is 1. The summed E-state index contributed by atoms with van der Waals surface area (Å²) >= 11 is 0. The molecule has 1 N–H and O–H groups in total. The summed E-state index contributed by atoms with van der Waals surface area (Å²) in [5.41, 5.74) is 1.13. The van der Waals surface area contributed by atoms with Crippen LogP contribution in [-0.4, -0.2) is 49.6 Å². The molecule has 116 valence electrons. The first-order valence-electron chi connectivity index (χ1n) is 7.63. The summed E-state index contributed by atoms with van der Waals surface area (Å²) in [6, 6.07) is 9.34. The van der Waals surface area contributed by atoms with Crippen LogP contribution in [0.4, 0.5) is 0 Å². The van der Waals surface area contributed by atoms with Crippen LogP contribution in [0.5, 0.6) is 0 Å². The number of carbonyl (C=O) groups excluding carboxylic acids is 1. The van der Waals surface area contributed by atoms with Crippen molar-refractivity contribution in [3.8, 4) is 5.69 Å². The summed E-state index contributed by atoms with van der Waals surface area (Å²) in [6.45, 7) is 2.39. The van der Waals surface area contributed by atoms with Gasteiger partial charge in [-0.3, -0.25) is 4.79 Å². The van der Waals surface area contributed by atoms with E-state index in [-0.39, 0.29) is 11.9 Å². The van der Waals surface area contributed by atoms with Crippen molar-refractivity contribution in [2.75, 3.05) is 6.54 Å². The Balaban J connectivity index is 1.82. The molecule has 0 spiro atoms. The molecule has 22 heavy (non-hydrogen) atoms. The highest BCUT2D eigenvalue weighted by molar-refractivity contribution is 5.92. The molecule has 1 amide bonds. The predicted octanol–water partition coefficient (Wildman–Crippen LogP) is 1.64. The van der Waals surface area contributed by atoms with Crippen molar-refractivity contribution >= 4 is 5.91 Å². The zero-order chi connectivity index (χ0) is 15.5. The summed E-state index contributed by atoms with van der Waals surface area (Å²) in [5.74, 6) is -0.159. The molecule has 2 atom stereocenters. The van der Waals surface area contributed by atoms with E-state index in [9.17, 15) is 9.90 Å². The largest absolute Gasteiger partial charge is 0.391 e. The minimum absolute atomic E-state index is 0.136. The molecule has 1 aromatic carbocycles. The van der Waals surface area contributed by atoms with Crippen LogP contribution in [-0.2, 0) is 0 Å². The van der Waals surface area contributed by atoms with Gasteiger partial charge in [0.2, 0.25) is 0 Å². The van der Waals surface area contributed by atoms with Gasteiger partial charge in [0, 0.05) is 6.54 Å². The Kier molecular flexibility index (Phi) is 4.20. The number of hydrogen-bond donors (Lipinski definition) is 1. The maximum atomic E-state index is 12.7. The number of likely N-dealkylation sites (tertiary alicyclic amines) is 1. The van der Waals surface area contributed by atoms with Crippen molar-refractivity contribution in [3.05, 3.63) is 42.2 Å². The minimum Gasteiger partial charge on any atom is -0.391 e. The molecule has 2 unspecified atom stereocenters. The fraction of sp³-hybridized carbons (Fsp3) is 0.438. The molecule has 0 saturated carbocycles. The number of rotatable bonds is 3. The van der Waals surface area contributed by atoms with E-state index in [1.54, 1.807) is 11.8 Å². The van der Waals surface area contributed by atoms with Crippen molar-refractivity contribution in [2.24, 2.45) is 0 Å². The minimum atomic E-state index is -0.534. The number of aliphatic hydroxyl groups excluding tert-OH is 1. The van der Waals surface area contributed by atoms with Crippen LogP contribution in [0.3, 0.4) is 0 Å². The average molecular weight is 300 g/mol. The lowest BCUT2D eigenvalue weighted by Crippen LogP contribution is -2.49. The number of nitrogens with zero attached hydrogens (tertiary/aromatic N) is 4. The van der Waals surface area contributed by atoms with Crippen LogP contribution in [0.2, 0.25) is 0 Å². The summed E-state index contributed by atoms with van der Waals surface area (Å²) in [4.78, 5) is 15.8. The van der Waals surface area contributed by atoms with E-state index in [1.807, 2.05) is 30.3 Å². The van der Waals surface area contributed by atoms with E-state index < -0.39 is 6.10 Å². The van der Waals surface area contributed by atoms with Crippen molar-refractivity contribution in [2.45, 2.75) is 38.3 Å². The second kappa shape index (κ2) is 6.27. The van der Waals surface area contributed by atoms with E-state index in [0.29, 0.717) is 12.2 Å². The van der Waals surface area contributed by atoms with Gasteiger partial charge in [-0.15, -0.1) is 5.10 Å². The van der Waals surface area contributed by atoms with E-state index in [0.717, 1.165) is 24.9 Å². The van der Waals surface area contributed by atoms with Gasteiger partial charge in [0.15, 0.2) is 5.69 Å². The maximum absolute atomic E-state index is 12.7. The molecular formula is C16H20N4O2. The normalized spacial score (nSPS) is 19.9. The van der Waals surface area contributed by atoms with E-state index in [4.69, 9.17) is 0 Å². The lowest BCUT2D eigenvalue weighted by atomic mass is 9.98. The van der Waals surface area contributed by atoms with Gasteiger partial charge in [-0.2, -0.15) is 9.90 Å². The molecule has 0 radical (unpaired) electrons. The smallest absolute Gasteiger partial charge is 0.276 e. The summed E-state index contributed by atoms with van der Waals surface area (Å²) in [7, 11) is 0. The summed E-state index contributed by atoms with van der Waals surface area (Å²) < 4.78 is 0. The Labute approximate surface area is 129 Å². The quantitative estimate of drug-likeness (QED) is 0.935. The van der Waals surface area contributed by atoms with Crippen LogP contribution in [0.15, 0.2) is 36.5 Å². The van der Waals surface area contributed by atoms with Crippen molar-refractivity contribution < 1.29 is 9.90 Å². The molecule has 0 bridgehead atoms. The van der Waals surface area contributed by atoms with Crippen molar-refractivity contribution in [3.63, 3.8) is 0 Å². The number of aliphatic hydroxyl groups is 1. The number of hydrogen-bond acceptors (Lipinski definition) is 4. The van der Waals surface area contributed by atoms with Gasteiger partial charge in [-0.05, 0) is 38.3 Å². The second-order valence-electron chi connectivity index (χ2n) is 5.66. The maximum Gasteiger partial charge on any atom is 0.276 e.